The molecule has 0 amide bonds. The zero-order valence-electron chi connectivity index (χ0n) is 10.1. The monoisotopic (exact) mass is 232 g/mol. The molecule has 0 aliphatic carbocycles. The van der Waals surface area contributed by atoms with Crippen LogP contribution >= 0.6 is 0 Å². The normalized spacial score (nSPS) is 10.5. The third kappa shape index (κ3) is 2.62. The highest BCUT2D eigenvalue weighted by molar-refractivity contribution is 5.55. The zero-order chi connectivity index (χ0) is 12.3. The molecule has 90 valence electrons. The van der Waals surface area contributed by atoms with Crippen LogP contribution in [0.25, 0.3) is 0 Å². The lowest BCUT2D eigenvalue weighted by Crippen LogP contribution is -2.09. The number of aromatic nitrogens is 2. The van der Waals surface area contributed by atoms with Crippen LogP contribution in [0.3, 0.4) is 0 Å². The molecule has 0 atom stereocenters. The predicted octanol–water partition coefficient (Wildman–Crippen LogP) is 1.65. The van der Waals surface area contributed by atoms with Gasteiger partial charge in [0.1, 0.15) is 0 Å². The summed E-state index contributed by atoms with van der Waals surface area (Å²) < 4.78 is 5.50. The molecule has 2 N–H and O–H groups in total. The number of nitrogens with two attached hydrogens (primary N) is 1. The first-order chi connectivity index (χ1) is 8.20. The fourth-order valence-electron chi connectivity index (χ4n) is 1.55. The van der Waals surface area contributed by atoms with Gasteiger partial charge in [-0.3, -0.25) is 4.90 Å². The highest BCUT2D eigenvalue weighted by Gasteiger charge is 2.11. The van der Waals surface area contributed by atoms with Crippen molar-refractivity contribution in [3.63, 3.8) is 0 Å². The van der Waals surface area contributed by atoms with Crippen LogP contribution in [0.15, 0.2) is 28.7 Å². The molecule has 0 bridgehead atoms. The number of hydrogen-bond acceptors (Lipinski definition) is 5. The van der Waals surface area contributed by atoms with Crippen LogP contribution in [0.4, 0.5) is 11.7 Å². The van der Waals surface area contributed by atoms with Gasteiger partial charge in [0.15, 0.2) is 0 Å². The van der Waals surface area contributed by atoms with E-state index >= 15 is 0 Å². The van der Waals surface area contributed by atoms with Crippen LogP contribution in [0, 0.1) is 6.92 Å². The molecule has 0 aliphatic heterocycles. The summed E-state index contributed by atoms with van der Waals surface area (Å²) in [7, 11) is 1.90. The zero-order valence-corrected chi connectivity index (χ0v) is 10.1. The Kier molecular flexibility index (Phi) is 3.39. The van der Waals surface area contributed by atoms with E-state index < -0.39 is 0 Å². The Bertz CT molecular complexity index is 495. The standard InChI is InChI=1S/C12H16N4O/c1-9-4-3-5-10(8-9)16(2)12-15-14-11(17-12)6-7-13/h3-5,8H,6-7,13H2,1-2H3. The lowest BCUT2D eigenvalue weighted by Gasteiger charge is -2.14. The van der Waals surface area contributed by atoms with Gasteiger partial charge in [0.05, 0.1) is 0 Å². The summed E-state index contributed by atoms with van der Waals surface area (Å²) in [4.78, 5) is 1.86. The van der Waals surface area contributed by atoms with Crippen molar-refractivity contribution in [2.24, 2.45) is 5.73 Å². The molecule has 17 heavy (non-hydrogen) atoms. The van der Waals surface area contributed by atoms with E-state index in [-0.39, 0.29) is 0 Å². The second-order valence-corrected chi connectivity index (χ2v) is 3.92. The van der Waals surface area contributed by atoms with E-state index in [9.17, 15) is 0 Å². The third-order valence-electron chi connectivity index (χ3n) is 2.49. The Morgan fingerprint density at radius 3 is 2.88 bits per heavy atom. The second-order valence-electron chi connectivity index (χ2n) is 3.92. The van der Waals surface area contributed by atoms with E-state index in [0.29, 0.717) is 24.9 Å². The van der Waals surface area contributed by atoms with Gasteiger partial charge in [-0.2, -0.15) is 0 Å². The Balaban J connectivity index is 2.21. The van der Waals surface area contributed by atoms with Gasteiger partial charge >= 0.3 is 6.01 Å². The van der Waals surface area contributed by atoms with Crippen LogP contribution in [0.1, 0.15) is 11.5 Å². The van der Waals surface area contributed by atoms with Crippen molar-refractivity contribution < 1.29 is 4.42 Å². The Morgan fingerprint density at radius 1 is 1.35 bits per heavy atom. The number of hydrogen-bond donors (Lipinski definition) is 1. The van der Waals surface area contributed by atoms with Crippen LogP contribution < -0.4 is 10.6 Å². The van der Waals surface area contributed by atoms with Gasteiger partial charge < -0.3 is 10.2 Å². The quantitative estimate of drug-likeness (QED) is 0.868. The second kappa shape index (κ2) is 4.97. The molecule has 0 radical (unpaired) electrons. The molecule has 0 fully saturated rings. The van der Waals surface area contributed by atoms with Gasteiger partial charge in [-0.25, -0.2) is 0 Å². The molecule has 1 aromatic carbocycles. The van der Waals surface area contributed by atoms with Gasteiger partial charge in [-0.05, 0) is 24.6 Å². The molecule has 5 nitrogen and oxygen atoms in total. The van der Waals surface area contributed by atoms with E-state index in [2.05, 4.69) is 16.3 Å². The smallest absolute Gasteiger partial charge is 0.322 e. The Hall–Kier alpha value is -1.88. The van der Waals surface area contributed by atoms with E-state index in [4.69, 9.17) is 10.2 Å². The summed E-state index contributed by atoms with van der Waals surface area (Å²) in [5.74, 6) is 0.571. The highest BCUT2D eigenvalue weighted by atomic mass is 16.4. The summed E-state index contributed by atoms with van der Waals surface area (Å²) in [5, 5.41) is 7.93. The third-order valence-corrected chi connectivity index (χ3v) is 2.49. The average molecular weight is 232 g/mol. The predicted molar refractivity (Wildman–Crippen MR) is 66.3 cm³/mol. The van der Waals surface area contributed by atoms with Crippen LogP contribution in [0.2, 0.25) is 0 Å². The minimum atomic E-state index is 0.485. The molecule has 0 aliphatic rings. The maximum atomic E-state index is 5.50. The summed E-state index contributed by atoms with van der Waals surface area (Å²) >= 11 is 0. The lowest BCUT2D eigenvalue weighted by molar-refractivity contribution is 0.499. The Labute approximate surface area is 100 Å². The fourth-order valence-corrected chi connectivity index (χ4v) is 1.55. The van der Waals surface area contributed by atoms with E-state index in [1.165, 1.54) is 5.56 Å². The summed E-state index contributed by atoms with van der Waals surface area (Å²) in [6.07, 6.45) is 0.606. The molecule has 0 saturated heterocycles. The molecular formula is C12H16N4O. The molecule has 1 aromatic heterocycles. The minimum absolute atomic E-state index is 0.485. The van der Waals surface area contributed by atoms with Crippen molar-refractivity contribution in [3.05, 3.63) is 35.7 Å². The minimum Gasteiger partial charge on any atom is -0.408 e. The molecule has 0 saturated carbocycles. The van der Waals surface area contributed by atoms with E-state index in [1.807, 2.05) is 37.1 Å². The fraction of sp³-hybridized carbons (Fsp3) is 0.333. The molecule has 1 heterocycles. The SMILES string of the molecule is Cc1cccc(N(C)c2nnc(CCN)o2)c1. The number of benzene rings is 1. The first-order valence-electron chi connectivity index (χ1n) is 5.53. The molecule has 0 spiro atoms. The number of nitrogens with zero attached hydrogens (tertiary/aromatic N) is 3. The molecule has 0 unspecified atom stereocenters. The molecule has 2 aromatic rings. The summed E-state index contributed by atoms with van der Waals surface area (Å²) in [6, 6.07) is 8.59. The summed E-state index contributed by atoms with van der Waals surface area (Å²) in [5.41, 5.74) is 7.65. The maximum Gasteiger partial charge on any atom is 0.322 e. The van der Waals surface area contributed by atoms with Crippen molar-refractivity contribution >= 4 is 11.7 Å². The van der Waals surface area contributed by atoms with E-state index in [0.717, 1.165) is 5.69 Å². The number of aryl methyl sites for hydroxylation is 1. The van der Waals surface area contributed by atoms with Gasteiger partial charge in [-0.1, -0.05) is 17.2 Å². The van der Waals surface area contributed by atoms with Crippen LogP contribution in [0.5, 0.6) is 0 Å². The van der Waals surface area contributed by atoms with Crippen molar-refractivity contribution in [3.8, 4) is 0 Å². The van der Waals surface area contributed by atoms with Gasteiger partial charge in [0, 0.05) is 25.7 Å². The maximum absolute atomic E-state index is 5.50. The number of anilines is 2. The molecular weight excluding hydrogens is 216 g/mol. The summed E-state index contributed by atoms with van der Waals surface area (Å²) in [6.45, 7) is 2.56. The largest absolute Gasteiger partial charge is 0.408 e. The van der Waals surface area contributed by atoms with E-state index in [1.54, 1.807) is 0 Å². The van der Waals surface area contributed by atoms with Gasteiger partial charge in [0.25, 0.3) is 0 Å². The van der Waals surface area contributed by atoms with Crippen LogP contribution in [-0.4, -0.2) is 23.8 Å². The van der Waals surface area contributed by atoms with Gasteiger partial charge in [0.2, 0.25) is 5.89 Å². The van der Waals surface area contributed by atoms with Crippen molar-refractivity contribution in [2.75, 3.05) is 18.5 Å². The average Bonchev–Trinajstić information content (AvgIpc) is 2.77. The topological polar surface area (TPSA) is 68.2 Å². The molecule has 2 rings (SSSR count). The lowest BCUT2D eigenvalue weighted by atomic mass is 10.2. The number of rotatable bonds is 4. The highest BCUT2D eigenvalue weighted by Crippen LogP contribution is 2.22. The first kappa shape index (κ1) is 11.6. The van der Waals surface area contributed by atoms with Crippen molar-refractivity contribution in [1.29, 1.82) is 0 Å². The molecule has 5 heteroatoms. The Morgan fingerprint density at radius 2 is 2.18 bits per heavy atom. The van der Waals surface area contributed by atoms with Crippen molar-refractivity contribution in [1.82, 2.24) is 10.2 Å². The first-order valence-corrected chi connectivity index (χ1v) is 5.53. The van der Waals surface area contributed by atoms with Gasteiger partial charge in [-0.15, -0.1) is 5.10 Å². The van der Waals surface area contributed by atoms with Crippen LogP contribution in [-0.2, 0) is 6.42 Å². The van der Waals surface area contributed by atoms with Crippen molar-refractivity contribution in [2.45, 2.75) is 13.3 Å².